The fourth-order valence-electron chi connectivity index (χ4n) is 3.20. The van der Waals surface area contributed by atoms with E-state index in [-0.39, 0.29) is 24.9 Å². The molecule has 2 aromatic carbocycles. The lowest BCUT2D eigenvalue weighted by molar-refractivity contribution is -0.153. The molecule has 4 rings (SSSR count). The van der Waals surface area contributed by atoms with E-state index in [1.807, 2.05) is 6.07 Å². The van der Waals surface area contributed by atoms with E-state index < -0.39 is 12.1 Å². The highest BCUT2D eigenvalue weighted by Crippen LogP contribution is 2.31. The average Bonchev–Trinajstić information content (AvgIpc) is 3.17. The number of fused-ring (bicyclic) bond motifs is 1. The molecule has 7 nitrogen and oxygen atoms in total. The van der Waals surface area contributed by atoms with Gasteiger partial charge in [-0.25, -0.2) is 4.79 Å². The number of para-hydroxylation sites is 2. The molecule has 28 heavy (non-hydrogen) atoms. The molecule has 7 heteroatoms. The van der Waals surface area contributed by atoms with Crippen LogP contribution in [0.2, 0.25) is 0 Å². The molecular formula is C21H19NO6. The summed E-state index contributed by atoms with van der Waals surface area (Å²) in [7, 11) is 0. The fraction of sp³-hybridized carbons (Fsp3) is 0.286. The molecule has 2 aromatic rings. The number of carbonyl (C=O) groups is 3. The third-order valence-electron chi connectivity index (χ3n) is 4.69. The average molecular weight is 381 g/mol. The molecule has 1 fully saturated rings. The zero-order valence-electron chi connectivity index (χ0n) is 15.1. The van der Waals surface area contributed by atoms with Crippen molar-refractivity contribution in [3.05, 3.63) is 54.1 Å². The molecule has 0 radical (unpaired) electrons. The van der Waals surface area contributed by atoms with Gasteiger partial charge < -0.3 is 19.1 Å². The molecule has 1 amide bonds. The maximum Gasteiger partial charge on any atom is 0.351 e. The van der Waals surface area contributed by atoms with Crippen LogP contribution in [0, 0.1) is 0 Å². The first-order valence-corrected chi connectivity index (χ1v) is 9.10. The Labute approximate surface area is 161 Å². The van der Waals surface area contributed by atoms with Crippen LogP contribution >= 0.6 is 0 Å². The van der Waals surface area contributed by atoms with E-state index in [0.717, 1.165) is 12.1 Å². The molecule has 0 aliphatic carbocycles. The molecule has 0 spiro atoms. The van der Waals surface area contributed by atoms with Crippen LogP contribution in [0.4, 0.5) is 5.69 Å². The zero-order valence-corrected chi connectivity index (χ0v) is 15.1. The normalized spacial score (nSPS) is 18.1. The number of ether oxygens (including phenoxy) is 3. The minimum Gasteiger partial charge on any atom is -0.485 e. The standard InChI is InChI=1S/C21H19NO6/c23-16(14-7-9-15(10-8-14)22-11-3-6-20(22)24)12-27-21(25)19-13-26-17-4-1-2-5-18(17)28-19/h1-2,4-5,7-10,19H,3,6,11-13H2/t19-/m1/s1. The monoisotopic (exact) mass is 381 g/mol. The van der Waals surface area contributed by atoms with Gasteiger partial charge in [-0.15, -0.1) is 0 Å². The Morgan fingerprint density at radius 3 is 2.54 bits per heavy atom. The minimum absolute atomic E-state index is 0.0304. The van der Waals surface area contributed by atoms with E-state index in [4.69, 9.17) is 14.2 Å². The summed E-state index contributed by atoms with van der Waals surface area (Å²) in [6, 6.07) is 13.8. The minimum atomic E-state index is -0.911. The maximum absolute atomic E-state index is 12.3. The number of hydrogen-bond donors (Lipinski definition) is 0. The number of anilines is 1. The Hall–Kier alpha value is -3.35. The van der Waals surface area contributed by atoms with Gasteiger partial charge in [0.2, 0.25) is 12.0 Å². The van der Waals surface area contributed by atoms with Gasteiger partial charge in [0.25, 0.3) is 0 Å². The number of amides is 1. The van der Waals surface area contributed by atoms with E-state index in [2.05, 4.69) is 0 Å². The molecule has 2 aliphatic rings. The lowest BCUT2D eigenvalue weighted by Crippen LogP contribution is -2.38. The summed E-state index contributed by atoms with van der Waals surface area (Å²) in [5.41, 5.74) is 1.18. The zero-order chi connectivity index (χ0) is 19.5. The summed E-state index contributed by atoms with van der Waals surface area (Å²) in [4.78, 5) is 38.0. The lowest BCUT2D eigenvalue weighted by atomic mass is 10.1. The number of benzene rings is 2. The molecule has 2 aliphatic heterocycles. The number of ketones is 1. The molecule has 0 N–H and O–H groups in total. The van der Waals surface area contributed by atoms with Crippen LogP contribution in [0.15, 0.2) is 48.5 Å². The van der Waals surface area contributed by atoms with Gasteiger partial charge in [0, 0.05) is 24.2 Å². The van der Waals surface area contributed by atoms with Gasteiger partial charge in [0.15, 0.2) is 23.9 Å². The van der Waals surface area contributed by atoms with Gasteiger partial charge in [-0.1, -0.05) is 12.1 Å². The van der Waals surface area contributed by atoms with Crippen molar-refractivity contribution < 1.29 is 28.6 Å². The summed E-state index contributed by atoms with van der Waals surface area (Å²) in [5, 5.41) is 0. The third-order valence-corrected chi connectivity index (χ3v) is 4.69. The number of carbonyl (C=O) groups excluding carboxylic acids is 3. The second kappa shape index (κ2) is 7.72. The highest BCUT2D eigenvalue weighted by Gasteiger charge is 2.29. The largest absolute Gasteiger partial charge is 0.485 e. The third kappa shape index (κ3) is 3.69. The van der Waals surface area contributed by atoms with Crippen LogP contribution in [0.3, 0.4) is 0 Å². The first-order chi connectivity index (χ1) is 13.6. The van der Waals surface area contributed by atoms with Crippen LogP contribution in [0.5, 0.6) is 11.5 Å². The van der Waals surface area contributed by atoms with Crippen molar-refractivity contribution in [2.24, 2.45) is 0 Å². The Morgan fingerprint density at radius 1 is 1.07 bits per heavy atom. The Balaban J connectivity index is 1.32. The van der Waals surface area contributed by atoms with Gasteiger partial charge in [-0.05, 0) is 42.8 Å². The van der Waals surface area contributed by atoms with Crippen molar-refractivity contribution >= 4 is 23.3 Å². The number of rotatable bonds is 5. The highest BCUT2D eigenvalue weighted by atomic mass is 16.6. The first-order valence-electron chi connectivity index (χ1n) is 9.10. The lowest BCUT2D eigenvalue weighted by Gasteiger charge is -2.24. The first kappa shape index (κ1) is 18.0. The molecule has 0 aromatic heterocycles. The van der Waals surface area contributed by atoms with E-state index in [1.165, 1.54) is 0 Å². The molecule has 1 atom stereocenters. The predicted octanol–water partition coefficient (Wildman–Crippen LogP) is 2.38. The van der Waals surface area contributed by atoms with Gasteiger partial charge in [-0.3, -0.25) is 9.59 Å². The van der Waals surface area contributed by atoms with Crippen molar-refractivity contribution in [3.8, 4) is 11.5 Å². The smallest absolute Gasteiger partial charge is 0.351 e. The summed E-state index contributed by atoms with van der Waals surface area (Å²) in [5.74, 6) is 0.143. The van der Waals surface area contributed by atoms with Gasteiger partial charge in [0.05, 0.1) is 0 Å². The molecular weight excluding hydrogens is 362 g/mol. The summed E-state index contributed by atoms with van der Waals surface area (Å²) in [6.45, 7) is 0.335. The van der Waals surface area contributed by atoms with Crippen molar-refractivity contribution in [1.29, 1.82) is 0 Å². The Bertz CT molecular complexity index is 907. The van der Waals surface area contributed by atoms with Crippen molar-refractivity contribution in [2.75, 3.05) is 24.7 Å². The van der Waals surface area contributed by atoms with Crippen LogP contribution in [-0.4, -0.2) is 43.5 Å². The summed E-state index contributed by atoms with van der Waals surface area (Å²) in [6.07, 6.45) is 0.479. The van der Waals surface area contributed by atoms with Gasteiger partial charge in [-0.2, -0.15) is 0 Å². The number of Topliss-reactive ketones (excluding diaryl/α,β-unsaturated/α-hetero) is 1. The van der Waals surface area contributed by atoms with Crippen molar-refractivity contribution in [2.45, 2.75) is 18.9 Å². The maximum atomic E-state index is 12.3. The SMILES string of the molecule is O=C(COC(=O)[C@H]1COc2ccccc2O1)c1ccc(N2CCCC2=O)cc1. The fourth-order valence-corrected chi connectivity index (χ4v) is 3.20. The van der Waals surface area contributed by atoms with E-state index in [1.54, 1.807) is 47.4 Å². The molecule has 0 bridgehead atoms. The number of hydrogen-bond acceptors (Lipinski definition) is 6. The second-order valence-corrected chi connectivity index (χ2v) is 6.59. The summed E-state index contributed by atoms with van der Waals surface area (Å²) >= 11 is 0. The van der Waals surface area contributed by atoms with E-state index in [9.17, 15) is 14.4 Å². The van der Waals surface area contributed by atoms with Crippen molar-refractivity contribution in [3.63, 3.8) is 0 Å². The quantitative estimate of drug-likeness (QED) is 0.584. The number of nitrogens with zero attached hydrogens (tertiary/aromatic N) is 1. The highest BCUT2D eigenvalue weighted by molar-refractivity contribution is 5.99. The van der Waals surface area contributed by atoms with Crippen LogP contribution in [-0.2, 0) is 14.3 Å². The van der Waals surface area contributed by atoms with E-state index in [0.29, 0.717) is 30.0 Å². The molecule has 2 heterocycles. The van der Waals surface area contributed by atoms with Crippen LogP contribution < -0.4 is 14.4 Å². The molecule has 1 saturated heterocycles. The second-order valence-electron chi connectivity index (χ2n) is 6.59. The Kier molecular flexibility index (Phi) is 4.97. The summed E-state index contributed by atoms with van der Waals surface area (Å²) < 4.78 is 16.1. The number of esters is 1. The molecule has 0 saturated carbocycles. The molecule has 0 unspecified atom stereocenters. The van der Waals surface area contributed by atoms with Crippen molar-refractivity contribution in [1.82, 2.24) is 0 Å². The van der Waals surface area contributed by atoms with Gasteiger partial charge in [0.1, 0.15) is 6.61 Å². The van der Waals surface area contributed by atoms with Gasteiger partial charge >= 0.3 is 5.97 Å². The topological polar surface area (TPSA) is 82.1 Å². The molecule has 144 valence electrons. The van der Waals surface area contributed by atoms with Crippen LogP contribution in [0.1, 0.15) is 23.2 Å². The predicted molar refractivity (Wildman–Crippen MR) is 99.7 cm³/mol. The van der Waals surface area contributed by atoms with E-state index >= 15 is 0 Å². The van der Waals surface area contributed by atoms with Crippen LogP contribution in [0.25, 0.3) is 0 Å². The Morgan fingerprint density at radius 2 is 1.82 bits per heavy atom.